The van der Waals surface area contributed by atoms with Gasteiger partial charge in [-0.2, -0.15) is 0 Å². The minimum atomic E-state index is -2.88. The van der Waals surface area contributed by atoms with Gasteiger partial charge in [0.15, 0.2) is 9.84 Å². The van der Waals surface area contributed by atoms with E-state index in [-0.39, 0.29) is 5.25 Å². The molecule has 27 heavy (non-hydrogen) atoms. The number of hydrogen-bond acceptors (Lipinski definition) is 2. The molecule has 1 aliphatic rings. The molecule has 0 aromatic heterocycles. The molecule has 1 unspecified atom stereocenters. The lowest BCUT2D eigenvalue weighted by Gasteiger charge is -2.29. The Morgan fingerprint density at radius 3 is 2.33 bits per heavy atom. The van der Waals surface area contributed by atoms with Crippen LogP contribution in [0.4, 0.5) is 0 Å². The minimum Gasteiger partial charge on any atom is -0.229 e. The van der Waals surface area contributed by atoms with Crippen LogP contribution in [0.2, 0.25) is 0 Å². The summed E-state index contributed by atoms with van der Waals surface area (Å²) in [6.07, 6.45) is 13.3. The zero-order chi connectivity index (χ0) is 19.7. The quantitative estimate of drug-likeness (QED) is 0.402. The van der Waals surface area contributed by atoms with Crippen LogP contribution in [0.15, 0.2) is 24.3 Å². The van der Waals surface area contributed by atoms with Gasteiger partial charge in [0.25, 0.3) is 0 Å². The van der Waals surface area contributed by atoms with E-state index < -0.39 is 9.84 Å². The Labute approximate surface area is 168 Å². The summed E-state index contributed by atoms with van der Waals surface area (Å²) in [7, 11) is -2.88. The Bertz CT molecular complexity index is 642. The van der Waals surface area contributed by atoms with Gasteiger partial charge in [-0.15, -0.1) is 0 Å². The molecule has 0 saturated heterocycles. The van der Waals surface area contributed by atoms with Gasteiger partial charge in [0.2, 0.25) is 0 Å². The average Bonchev–Trinajstić information content (AvgIpc) is 2.65. The molecule has 0 bridgehead atoms. The normalized spacial score (nSPS) is 21.9. The summed E-state index contributed by atoms with van der Waals surface area (Å²) in [4.78, 5) is 0. The van der Waals surface area contributed by atoms with Gasteiger partial charge in [-0.05, 0) is 63.4 Å². The Morgan fingerprint density at radius 2 is 1.67 bits per heavy atom. The van der Waals surface area contributed by atoms with Crippen LogP contribution >= 0.6 is 0 Å². The van der Waals surface area contributed by atoms with Crippen molar-refractivity contribution in [2.24, 2.45) is 11.8 Å². The van der Waals surface area contributed by atoms with Crippen molar-refractivity contribution in [1.82, 2.24) is 0 Å². The smallest absolute Gasteiger partial charge is 0.153 e. The molecule has 1 atom stereocenters. The van der Waals surface area contributed by atoms with E-state index >= 15 is 0 Å². The van der Waals surface area contributed by atoms with Crippen molar-refractivity contribution in [2.75, 3.05) is 5.75 Å². The molecule has 2 nitrogen and oxygen atoms in total. The number of unbranched alkanes of at least 4 members (excludes halogenated alkanes) is 3. The summed E-state index contributed by atoms with van der Waals surface area (Å²) in [5.74, 6) is 1.67. The van der Waals surface area contributed by atoms with Crippen molar-refractivity contribution in [3.8, 4) is 0 Å². The van der Waals surface area contributed by atoms with Crippen LogP contribution in [0.25, 0.3) is 0 Å². The highest BCUT2D eigenvalue weighted by Crippen LogP contribution is 2.33. The molecule has 3 heteroatoms. The van der Waals surface area contributed by atoms with Crippen LogP contribution in [-0.4, -0.2) is 19.4 Å². The van der Waals surface area contributed by atoms with Gasteiger partial charge < -0.3 is 0 Å². The Balaban J connectivity index is 1.55. The lowest BCUT2D eigenvalue weighted by molar-refractivity contribution is 0.272. The first-order chi connectivity index (χ1) is 12.9. The molecule has 1 fully saturated rings. The highest BCUT2D eigenvalue weighted by atomic mass is 32.2. The predicted molar refractivity (Wildman–Crippen MR) is 117 cm³/mol. The lowest BCUT2D eigenvalue weighted by Crippen LogP contribution is -2.27. The van der Waals surface area contributed by atoms with Crippen LogP contribution < -0.4 is 0 Å². The molecule has 1 aliphatic carbocycles. The third kappa shape index (κ3) is 7.97. The van der Waals surface area contributed by atoms with Crippen molar-refractivity contribution in [2.45, 2.75) is 96.7 Å². The van der Waals surface area contributed by atoms with Crippen molar-refractivity contribution >= 4 is 9.84 Å². The summed E-state index contributed by atoms with van der Waals surface area (Å²) in [5, 5.41) is -0.171. The first-order valence-corrected chi connectivity index (χ1v) is 12.9. The first-order valence-electron chi connectivity index (χ1n) is 11.2. The summed E-state index contributed by atoms with van der Waals surface area (Å²) >= 11 is 0. The highest BCUT2D eigenvalue weighted by molar-refractivity contribution is 7.92. The molecule has 0 aliphatic heterocycles. The second-order valence-corrected chi connectivity index (χ2v) is 11.3. The van der Waals surface area contributed by atoms with Gasteiger partial charge in [-0.1, -0.05) is 75.3 Å². The molecule has 0 amide bonds. The maximum absolute atomic E-state index is 12.3. The molecule has 2 rings (SSSR count). The third-order valence-corrected chi connectivity index (χ3v) is 9.03. The fourth-order valence-corrected chi connectivity index (χ4v) is 6.24. The lowest BCUT2D eigenvalue weighted by atomic mass is 9.80. The molecule has 0 spiro atoms. The van der Waals surface area contributed by atoms with Crippen LogP contribution in [0.1, 0.15) is 89.2 Å². The fraction of sp³-hybridized carbons (Fsp3) is 0.750. The summed E-state index contributed by atoms with van der Waals surface area (Å²) in [6.45, 7) is 6.00. The third-order valence-electron chi connectivity index (χ3n) is 6.53. The molecule has 154 valence electrons. The van der Waals surface area contributed by atoms with Gasteiger partial charge in [-0.25, -0.2) is 8.42 Å². The topological polar surface area (TPSA) is 34.1 Å². The number of benzene rings is 1. The van der Waals surface area contributed by atoms with E-state index in [0.29, 0.717) is 11.7 Å². The maximum Gasteiger partial charge on any atom is 0.153 e. The predicted octanol–water partition coefficient (Wildman–Crippen LogP) is 6.51. The Kier molecular flexibility index (Phi) is 9.35. The molecule has 1 aromatic carbocycles. The zero-order valence-corrected chi connectivity index (χ0v) is 18.6. The van der Waals surface area contributed by atoms with E-state index in [1.165, 1.54) is 62.5 Å². The molecular formula is C24H40O2S. The van der Waals surface area contributed by atoms with Crippen molar-refractivity contribution in [3.63, 3.8) is 0 Å². The van der Waals surface area contributed by atoms with E-state index in [1.54, 1.807) is 0 Å². The van der Waals surface area contributed by atoms with Gasteiger partial charge in [0, 0.05) is 0 Å². The van der Waals surface area contributed by atoms with Gasteiger partial charge in [0.05, 0.1) is 11.0 Å². The minimum absolute atomic E-state index is 0.171. The average molecular weight is 393 g/mol. The maximum atomic E-state index is 12.3. The molecule has 0 heterocycles. The second-order valence-electron chi connectivity index (χ2n) is 8.88. The van der Waals surface area contributed by atoms with E-state index in [2.05, 4.69) is 31.2 Å². The van der Waals surface area contributed by atoms with Gasteiger partial charge in [-0.3, -0.25) is 0 Å². The molecule has 0 N–H and O–H groups in total. The molecule has 0 radical (unpaired) electrons. The van der Waals surface area contributed by atoms with Crippen LogP contribution in [0.3, 0.4) is 0 Å². The Hall–Kier alpha value is -0.830. The fourth-order valence-electron chi connectivity index (χ4n) is 4.42. The molecule has 1 aromatic rings. The van der Waals surface area contributed by atoms with Crippen LogP contribution in [0.5, 0.6) is 0 Å². The van der Waals surface area contributed by atoms with Crippen molar-refractivity contribution < 1.29 is 8.42 Å². The van der Waals surface area contributed by atoms with Crippen LogP contribution in [0, 0.1) is 18.8 Å². The Morgan fingerprint density at radius 1 is 1.00 bits per heavy atom. The van der Waals surface area contributed by atoms with E-state index in [9.17, 15) is 8.42 Å². The zero-order valence-electron chi connectivity index (χ0n) is 17.8. The SMILES string of the molecule is CCC(C)S(=O)(=O)CC1CCC(CCCCCCc2cccc(C)c2)CC1. The summed E-state index contributed by atoms with van der Waals surface area (Å²) in [6, 6.07) is 8.87. The monoisotopic (exact) mass is 392 g/mol. The highest BCUT2D eigenvalue weighted by Gasteiger charge is 2.27. The standard InChI is InChI=1S/C24H40O2S/c1-4-21(3)27(25,26)19-24-16-14-22(15-17-24)11-7-5-6-8-12-23-13-9-10-20(2)18-23/h9-10,13,18,21-22,24H,4-8,11-12,14-17,19H2,1-3H3. The number of rotatable bonds is 11. The van der Waals surface area contributed by atoms with Crippen LogP contribution in [-0.2, 0) is 16.3 Å². The number of hydrogen-bond donors (Lipinski definition) is 0. The van der Waals surface area contributed by atoms with Gasteiger partial charge >= 0.3 is 0 Å². The number of aryl methyl sites for hydroxylation is 2. The van der Waals surface area contributed by atoms with E-state index in [1.807, 2.05) is 13.8 Å². The summed E-state index contributed by atoms with van der Waals surface area (Å²) < 4.78 is 24.6. The largest absolute Gasteiger partial charge is 0.229 e. The van der Waals surface area contributed by atoms with Gasteiger partial charge in [0.1, 0.15) is 0 Å². The molecule has 1 saturated carbocycles. The summed E-state index contributed by atoms with van der Waals surface area (Å²) in [5.41, 5.74) is 2.83. The van der Waals surface area contributed by atoms with E-state index in [4.69, 9.17) is 0 Å². The van der Waals surface area contributed by atoms with E-state index in [0.717, 1.165) is 25.2 Å². The second kappa shape index (κ2) is 11.2. The number of sulfone groups is 1. The van der Waals surface area contributed by atoms with Crippen molar-refractivity contribution in [3.05, 3.63) is 35.4 Å². The first kappa shape index (κ1) is 22.5. The molecular weight excluding hydrogens is 352 g/mol. The van der Waals surface area contributed by atoms with Crippen molar-refractivity contribution in [1.29, 1.82) is 0 Å².